The molecule has 0 saturated carbocycles. The lowest BCUT2D eigenvalue weighted by Gasteiger charge is -2.17. The summed E-state index contributed by atoms with van der Waals surface area (Å²) in [5.41, 5.74) is 0.480. The second-order valence-electron chi connectivity index (χ2n) is 4.98. The maximum Gasteiger partial charge on any atom is 0.399 e. The lowest BCUT2D eigenvalue weighted by Crippen LogP contribution is -2.18. The summed E-state index contributed by atoms with van der Waals surface area (Å²) >= 11 is 11.5. The summed E-state index contributed by atoms with van der Waals surface area (Å²) in [6.07, 6.45) is -2.23. The molecule has 0 aromatic heterocycles. The van der Waals surface area contributed by atoms with Crippen molar-refractivity contribution in [1.82, 2.24) is 0 Å². The third-order valence-electron chi connectivity index (χ3n) is 3.29. The van der Waals surface area contributed by atoms with E-state index < -0.39 is 18.1 Å². The van der Waals surface area contributed by atoms with Crippen LogP contribution in [0.15, 0.2) is 48.5 Å². The zero-order valence-electron chi connectivity index (χ0n) is 12.0. The second kappa shape index (κ2) is 7.28. The number of rotatable bonds is 4. The highest BCUT2D eigenvalue weighted by molar-refractivity contribution is 6.42. The van der Waals surface area contributed by atoms with Crippen molar-refractivity contribution in [3.63, 3.8) is 0 Å². The molecule has 0 aliphatic heterocycles. The molecule has 2 rings (SSSR count). The molecule has 0 amide bonds. The molecule has 0 saturated heterocycles. The number of halogens is 5. The van der Waals surface area contributed by atoms with Gasteiger partial charge in [0, 0.05) is 0 Å². The monoisotopic (exact) mass is 374 g/mol. The van der Waals surface area contributed by atoms with Crippen LogP contribution in [0.1, 0.15) is 27.4 Å². The molecule has 0 bridgehead atoms. The van der Waals surface area contributed by atoms with Gasteiger partial charge in [0.2, 0.25) is 0 Å². The molecule has 2 aromatic carbocycles. The number of allylic oxidation sites excluding steroid dienone is 1. The topological polar surface area (TPSA) is 37.3 Å². The smallest absolute Gasteiger partial charge is 0.399 e. The van der Waals surface area contributed by atoms with E-state index in [2.05, 4.69) is 0 Å². The molecule has 0 radical (unpaired) electrons. The Hall–Kier alpha value is -1.98. The third-order valence-corrected chi connectivity index (χ3v) is 4.03. The molecular weight excluding hydrogens is 364 g/mol. The van der Waals surface area contributed by atoms with E-state index in [1.807, 2.05) is 0 Å². The summed E-state index contributed by atoms with van der Waals surface area (Å²) in [6, 6.07) is 9.27. The highest BCUT2D eigenvalue weighted by Gasteiger charge is 2.39. The maximum atomic E-state index is 13.3. The van der Waals surface area contributed by atoms with Crippen LogP contribution in [0.4, 0.5) is 13.2 Å². The fourth-order valence-electron chi connectivity index (χ4n) is 2.06. The molecule has 0 fully saturated rings. The van der Waals surface area contributed by atoms with Gasteiger partial charge < -0.3 is 5.11 Å². The van der Waals surface area contributed by atoms with E-state index in [0.717, 1.165) is 6.08 Å². The summed E-state index contributed by atoms with van der Waals surface area (Å²) in [5.74, 6) is -2.96. The predicted octanol–water partition coefficient (Wildman–Crippen LogP) is 6.05. The van der Waals surface area contributed by atoms with Crippen LogP contribution < -0.4 is 0 Å². The molecule has 0 aliphatic carbocycles. The Bertz CT molecular complexity index is 768. The van der Waals surface area contributed by atoms with Gasteiger partial charge in [0.25, 0.3) is 0 Å². The van der Waals surface area contributed by atoms with Gasteiger partial charge in [-0.25, -0.2) is 4.79 Å². The first-order chi connectivity index (χ1) is 11.2. The van der Waals surface area contributed by atoms with Gasteiger partial charge in [-0.3, -0.25) is 0 Å². The Morgan fingerprint density at radius 2 is 1.67 bits per heavy atom. The standard InChI is InChI=1S/C17H11Cl2F3O2/c18-14-8-6-12(9-15(14)19)13(17(20,21)22)7-3-10-1-4-11(5-2-10)16(23)24/h1-9,13H,(H,23,24)/b7-3+. The number of hydrogen-bond acceptors (Lipinski definition) is 1. The largest absolute Gasteiger partial charge is 0.478 e. The number of hydrogen-bond donors (Lipinski definition) is 1. The Labute approximate surface area is 146 Å². The van der Waals surface area contributed by atoms with Crippen LogP contribution in [0.25, 0.3) is 6.08 Å². The fraction of sp³-hybridized carbons (Fsp3) is 0.118. The third kappa shape index (κ3) is 4.52. The van der Waals surface area contributed by atoms with Crippen molar-refractivity contribution in [2.45, 2.75) is 12.1 Å². The predicted molar refractivity (Wildman–Crippen MR) is 87.7 cm³/mol. The van der Waals surface area contributed by atoms with Gasteiger partial charge in [-0.05, 0) is 35.4 Å². The summed E-state index contributed by atoms with van der Waals surface area (Å²) in [7, 11) is 0. The second-order valence-corrected chi connectivity index (χ2v) is 5.79. The number of benzene rings is 2. The van der Waals surface area contributed by atoms with Gasteiger partial charge in [0.1, 0.15) is 0 Å². The van der Waals surface area contributed by atoms with E-state index in [1.165, 1.54) is 48.5 Å². The molecule has 1 atom stereocenters. The van der Waals surface area contributed by atoms with Gasteiger partial charge in [0.05, 0.1) is 21.5 Å². The molecule has 2 nitrogen and oxygen atoms in total. The van der Waals surface area contributed by atoms with E-state index >= 15 is 0 Å². The van der Waals surface area contributed by atoms with Crippen LogP contribution >= 0.6 is 23.2 Å². The zero-order chi connectivity index (χ0) is 17.9. The van der Waals surface area contributed by atoms with Crippen molar-refractivity contribution in [1.29, 1.82) is 0 Å². The quantitative estimate of drug-likeness (QED) is 0.706. The first-order valence-electron chi connectivity index (χ1n) is 6.71. The number of carboxylic acids is 1. The summed E-state index contributed by atoms with van der Waals surface area (Å²) in [5, 5.41) is 9.03. The van der Waals surface area contributed by atoms with Gasteiger partial charge >= 0.3 is 12.1 Å². The molecular formula is C17H11Cl2F3O2. The number of carboxylic acid groups (broad SMARTS) is 1. The zero-order valence-corrected chi connectivity index (χ0v) is 13.5. The molecule has 7 heteroatoms. The van der Waals surface area contributed by atoms with Crippen molar-refractivity contribution in [3.05, 3.63) is 75.3 Å². The van der Waals surface area contributed by atoms with Crippen molar-refractivity contribution < 1.29 is 23.1 Å². The van der Waals surface area contributed by atoms with Gasteiger partial charge in [-0.2, -0.15) is 13.2 Å². The Kier molecular flexibility index (Phi) is 5.57. The molecule has 0 spiro atoms. The summed E-state index contributed by atoms with van der Waals surface area (Å²) in [4.78, 5) is 10.8. The lowest BCUT2D eigenvalue weighted by atomic mass is 9.97. The van der Waals surface area contributed by atoms with Crippen molar-refractivity contribution in [3.8, 4) is 0 Å². The van der Waals surface area contributed by atoms with E-state index in [0.29, 0.717) is 5.56 Å². The first-order valence-corrected chi connectivity index (χ1v) is 7.47. The molecule has 1 unspecified atom stereocenters. The minimum Gasteiger partial charge on any atom is -0.478 e. The van der Waals surface area contributed by atoms with Gasteiger partial charge in [-0.1, -0.05) is 53.6 Å². The van der Waals surface area contributed by atoms with Crippen LogP contribution in [0, 0.1) is 0 Å². The summed E-state index contributed by atoms with van der Waals surface area (Å²) in [6.45, 7) is 0. The SMILES string of the molecule is O=C(O)c1ccc(/C=C/C(c2ccc(Cl)c(Cl)c2)C(F)(F)F)cc1. The molecule has 0 aliphatic rings. The Morgan fingerprint density at radius 1 is 1.04 bits per heavy atom. The van der Waals surface area contributed by atoms with E-state index in [-0.39, 0.29) is 21.2 Å². The fourth-order valence-corrected chi connectivity index (χ4v) is 2.37. The Morgan fingerprint density at radius 3 is 2.17 bits per heavy atom. The summed E-state index contributed by atoms with van der Waals surface area (Å²) < 4.78 is 39.9. The van der Waals surface area contributed by atoms with E-state index in [9.17, 15) is 18.0 Å². The molecule has 0 heterocycles. The lowest BCUT2D eigenvalue weighted by molar-refractivity contribution is -0.139. The normalized spacial score (nSPS) is 13.2. The van der Waals surface area contributed by atoms with E-state index in [4.69, 9.17) is 28.3 Å². The highest BCUT2D eigenvalue weighted by atomic mass is 35.5. The van der Waals surface area contributed by atoms with Crippen LogP contribution in [-0.2, 0) is 0 Å². The Balaban J connectivity index is 2.32. The van der Waals surface area contributed by atoms with Crippen LogP contribution in [0.5, 0.6) is 0 Å². The van der Waals surface area contributed by atoms with Crippen LogP contribution in [-0.4, -0.2) is 17.3 Å². The minimum atomic E-state index is -4.51. The van der Waals surface area contributed by atoms with Gasteiger partial charge in [0.15, 0.2) is 0 Å². The number of alkyl halides is 3. The van der Waals surface area contributed by atoms with Crippen molar-refractivity contribution in [2.75, 3.05) is 0 Å². The number of carbonyl (C=O) groups is 1. The minimum absolute atomic E-state index is 0.0321. The van der Waals surface area contributed by atoms with Crippen molar-refractivity contribution in [2.24, 2.45) is 0 Å². The first kappa shape index (κ1) is 18.4. The van der Waals surface area contributed by atoms with Crippen LogP contribution in [0.2, 0.25) is 10.0 Å². The average Bonchev–Trinajstić information content (AvgIpc) is 2.50. The van der Waals surface area contributed by atoms with Crippen molar-refractivity contribution >= 4 is 35.2 Å². The molecule has 126 valence electrons. The maximum absolute atomic E-state index is 13.3. The molecule has 24 heavy (non-hydrogen) atoms. The average molecular weight is 375 g/mol. The molecule has 2 aromatic rings. The number of aromatic carboxylic acids is 1. The van der Waals surface area contributed by atoms with Crippen LogP contribution in [0.3, 0.4) is 0 Å². The van der Waals surface area contributed by atoms with E-state index in [1.54, 1.807) is 0 Å². The van der Waals surface area contributed by atoms with Gasteiger partial charge in [-0.15, -0.1) is 0 Å². The highest BCUT2D eigenvalue weighted by Crippen LogP contribution is 2.38. The molecule has 1 N–H and O–H groups in total.